The first-order valence-corrected chi connectivity index (χ1v) is 10.6. The lowest BCUT2D eigenvalue weighted by Gasteiger charge is -2.20. The van der Waals surface area contributed by atoms with E-state index in [1.807, 2.05) is 19.1 Å². The molecule has 0 saturated carbocycles. The molecular weight excluding hydrogens is 440 g/mol. The summed E-state index contributed by atoms with van der Waals surface area (Å²) in [6.07, 6.45) is 2.05. The number of amidine groups is 1. The molecule has 3 aromatic rings. The Morgan fingerprint density at radius 3 is 2.65 bits per heavy atom. The maximum atomic E-state index is 14.1. The Bertz CT molecular complexity index is 1420. The van der Waals surface area contributed by atoms with Crippen LogP contribution >= 0.6 is 0 Å². The molecule has 0 spiro atoms. The lowest BCUT2D eigenvalue weighted by Crippen LogP contribution is -2.28. The number of hydrogen-bond donors (Lipinski definition) is 2. The summed E-state index contributed by atoms with van der Waals surface area (Å²) >= 11 is 0. The van der Waals surface area contributed by atoms with Crippen LogP contribution in [0.3, 0.4) is 0 Å². The lowest BCUT2D eigenvalue weighted by molar-refractivity contribution is 0.583. The van der Waals surface area contributed by atoms with E-state index in [2.05, 4.69) is 32.3 Å². The SMILES string of the molecule is C=N/C(NC(C)c1nc2cccc(CC)n2c(=O)c1-c1cc(F)cc(F)c1)=C1/N=CN/C1=N/C. The van der Waals surface area contributed by atoms with Crippen molar-refractivity contribution in [3.8, 4) is 11.1 Å². The Kier molecular flexibility index (Phi) is 6.31. The number of aliphatic imine (C=N–C) groups is 3. The third kappa shape index (κ3) is 4.09. The highest BCUT2D eigenvalue weighted by Gasteiger charge is 2.24. The number of aryl methyl sites for hydroxylation is 1. The first-order valence-electron chi connectivity index (χ1n) is 10.6. The van der Waals surface area contributed by atoms with Crippen molar-refractivity contribution < 1.29 is 8.78 Å². The molecule has 174 valence electrons. The van der Waals surface area contributed by atoms with Gasteiger partial charge in [0.2, 0.25) is 0 Å². The van der Waals surface area contributed by atoms with Gasteiger partial charge in [0.15, 0.2) is 11.7 Å². The molecule has 1 unspecified atom stereocenters. The maximum Gasteiger partial charge on any atom is 0.266 e. The highest BCUT2D eigenvalue weighted by Crippen LogP contribution is 2.27. The third-order valence-corrected chi connectivity index (χ3v) is 5.46. The average Bonchev–Trinajstić information content (AvgIpc) is 3.29. The van der Waals surface area contributed by atoms with Gasteiger partial charge in [0.05, 0.1) is 23.6 Å². The molecule has 4 rings (SSSR count). The number of nitrogens with zero attached hydrogens (tertiary/aromatic N) is 5. The molecule has 1 atom stereocenters. The molecule has 0 fully saturated rings. The van der Waals surface area contributed by atoms with E-state index >= 15 is 0 Å². The van der Waals surface area contributed by atoms with Crippen molar-refractivity contribution in [1.29, 1.82) is 0 Å². The van der Waals surface area contributed by atoms with E-state index in [1.54, 1.807) is 20.0 Å². The van der Waals surface area contributed by atoms with E-state index in [0.717, 1.165) is 23.9 Å². The molecule has 2 aromatic heterocycles. The average molecular weight is 463 g/mol. The van der Waals surface area contributed by atoms with Crippen LogP contribution in [0.25, 0.3) is 16.8 Å². The highest BCUT2D eigenvalue weighted by atomic mass is 19.1. The molecular formula is C24H23F2N7O. The fraction of sp³-hybridized carbons (Fsp3) is 0.208. The number of aromatic nitrogens is 2. The minimum atomic E-state index is -0.791. The van der Waals surface area contributed by atoms with Crippen LogP contribution in [0.15, 0.2) is 67.7 Å². The minimum absolute atomic E-state index is 0.0858. The van der Waals surface area contributed by atoms with Gasteiger partial charge in [0.25, 0.3) is 5.56 Å². The first-order chi connectivity index (χ1) is 16.4. The Balaban J connectivity index is 1.96. The molecule has 3 heterocycles. The van der Waals surface area contributed by atoms with Gasteiger partial charge in [0.1, 0.15) is 23.0 Å². The molecule has 2 N–H and O–H groups in total. The summed E-state index contributed by atoms with van der Waals surface area (Å²) in [4.78, 5) is 30.8. The van der Waals surface area contributed by atoms with E-state index in [-0.39, 0.29) is 11.1 Å². The van der Waals surface area contributed by atoms with Crippen LogP contribution in [0, 0.1) is 11.6 Å². The monoisotopic (exact) mass is 463 g/mol. The normalized spacial score (nSPS) is 16.6. The summed E-state index contributed by atoms with van der Waals surface area (Å²) in [5.74, 6) is -0.773. The first kappa shape index (κ1) is 23.0. The summed E-state index contributed by atoms with van der Waals surface area (Å²) < 4.78 is 29.7. The molecule has 1 aliphatic heterocycles. The van der Waals surface area contributed by atoms with Gasteiger partial charge in [-0.1, -0.05) is 13.0 Å². The van der Waals surface area contributed by atoms with Crippen LogP contribution in [-0.2, 0) is 6.42 Å². The van der Waals surface area contributed by atoms with Crippen molar-refractivity contribution in [2.24, 2.45) is 15.0 Å². The zero-order chi connectivity index (χ0) is 24.4. The Morgan fingerprint density at radius 2 is 2.00 bits per heavy atom. The standard InChI is InChI=1S/C24H23F2N7O/c1-5-17-7-6-8-18-32-20(13(2)31-23(28-4)21-22(27-3)30-12-29-21)19(24(34)33(17)18)14-9-15(25)11-16(26)10-14/h6-13,31H,4-5H2,1-3H3,(H,27,29,30)/b23-21-. The van der Waals surface area contributed by atoms with Gasteiger partial charge in [-0.2, -0.15) is 0 Å². The molecule has 1 aromatic carbocycles. The van der Waals surface area contributed by atoms with E-state index in [9.17, 15) is 13.6 Å². The van der Waals surface area contributed by atoms with E-state index in [1.165, 1.54) is 10.7 Å². The number of halogens is 2. The van der Waals surface area contributed by atoms with Crippen LogP contribution in [0.2, 0.25) is 0 Å². The smallest absolute Gasteiger partial charge is 0.266 e. The molecule has 0 bridgehead atoms. The van der Waals surface area contributed by atoms with Crippen molar-refractivity contribution in [3.05, 3.63) is 81.3 Å². The highest BCUT2D eigenvalue weighted by molar-refractivity contribution is 6.09. The quantitative estimate of drug-likeness (QED) is 0.548. The van der Waals surface area contributed by atoms with Gasteiger partial charge in [-0.3, -0.25) is 14.2 Å². The summed E-state index contributed by atoms with van der Waals surface area (Å²) in [6, 6.07) is 7.74. The Hall–Kier alpha value is -4.21. The van der Waals surface area contributed by atoms with E-state index < -0.39 is 23.2 Å². The third-order valence-electron chi connectivity index (χ3n) is 5.46. The van der Waals surface area contributed by atoms with Crippen molar-refractivity contribution in [1.82, 2.24) is 20.0 Å². The number of hydrogen-bond acceptors (Lipinski definition) is 6. The molecule has 10 heteroatoms. The predicted molar refractivity (Wildman–Crippen MR) is 129 cm³/mol. The molecule has 0 amide bonds. The van der Waals surface area contributed by atoms with Gasteiger partial charge in [-0.05, 0) is 49.9 Å². The molecule has 1 aliphatic rings. The largest absolute Gasteiger partial charge is 0.360 e. The number of benzene rings is 1. The number of nitrogens with one attached hydrogen (secondary N) is 2. The van der Waals surface area contributed by atoms with Crippen molar-refractivity contribution in [2.45, 2.75) is 26.3 Å². The Morgan fingerprint density at radius 1 is 1.26 bits per heavy atom. The summed E-state index contributed by atoms with van der Waals surface area (Å²) in [6.45, 7) is 7.28. The van der Waals surface area contributed by atoms with Gasteiger partial charge < -0.3 is 10.6 Å². The van der Waals surface area contributed by atoms with Gasteiger partial charge in [-0.25, -0.2) is 23.7 Å². The summed E-state index contributed by atoms with van der Waals surface area (Å²) in [7, 11) is 1.61. The van der Waals surface area contributed by atoms with Crippen LogP contribution in [0.5, 0.6) is 0 Å². The topological polar surface area (TPSA) is 95.5 Å². The second kappa shape index (κ2) is 9.34. The van der Waals surface area contributed by atoms with E-state index in [0.29, 0.717) is 35.1 Å². The van der Waals surface area contributed by atoms with Crippen LogP contribution in [0.1, 0.15) is 31.3 Å². The number of pyridine rings is 1. The van der Waals surface area contributed by atoms with Crippen LogP contribution in [0.4, 0.5) is 8.78 Å². The van der Waals surface area contributed by atoms with Crippen LogP contribution < -0.4 is 16.2 Å². The van der Waals surface area contributed by atoms with Crippen LogP contribution in [-0.4, -0.2) is 35.3 Å². The summed E-state index contributed by atoms with van der Waals surface area (Å²) in [5.41, 5.74) is 1.65. The molecule has 0 aliphatic carbocycles. The second-order valence-electron chi connectivity index (χ2n) is 7.60. The maximum absolute atomic E-state index is 14.1. The Labute approximate surface area is 194 Å². The summed E-state index contributed by atoms with van der Waals surface area (Å²) in [5, 5.41) is 6.07. The zero-order valence-corrected chi connectivity index (χ0v) is 18.9. The minimum Gasteiger partial charge on any atom is -0.360 e. The lowest BCUT2D eigenvalue weighted by atomic mass is 10.0. The van der Waals surface area contributed by atoms with Gasteiger partial charge >= 0.3 is 0 Å². The van der Waals surface area contributed by atoms with E-state index in [4.69, 9.17) is 4.98 Å². The number of rotatable bonds is 6. The molecule has 0 saturated heterocycles. The molecule has 34 heavy (non-hydrogen) atoms. The zero-order valence-electron chi connectivity index (χ0n) is 18.9. The predicted octanol–water partition coefficient (Wildman–Crippen LogP) is 3.38. The fourth-order valence-electron chi connectivity index (χ4n) is 3.92. The van der Waals surface area contributed by atoms with Crippen molar-refractivity contribution >= 4 is 24.5 Å². The molecule has 0 radical (unpaired) electrons. The second-order valence-corrected chi connectivity index (χ2v) is 7.60. The number of fused-ring (bicyclic) bond motifs is 1. The molecule has 8 nitrogen and oxygen atoms in total. The van der Waals surface area contributed by atoms with Crippen molar-refractivity contribution in [2.75, 3.05) is 7.05 Å². The van der Waals surface area contributed by atoms with Gasteiger partial charge in [0, 0.05) is 18.8 Å². The fourth-order valence-corrected chi connectivity index (χ4v) is 3.92. The van der Waals surface area contributed by atoms with Crippen molar-refractivity contribution in [3.63, 3.8) is 0 Å². The van der Waals surface area contributed by atoms with Gasteiger partial charge in [-0.15, -0.1) is 0 Å².